The molecule has 0 spiro atoms. The zero-order chi connectivity index (χ0) is 17.4. The van der Waals surface area contributed by atoms with Crippen LogP contribution in [-0.2, 0) is 0 Å². The number of nitrogens with zero attached hydrogens (tertiary/aromatic N) is 4. The summed E-state index contributed by atoms with van der Waals surface area (Å²) in [5.74, 6) is 1.17. The molecule has 7 heteroatoms. The van der Waals surface area contributed by atoms with Crippen molar-refractivity contribution in [1.29, 1.82) is 0 Å². The van der Waals surface area contributed by atoms with Crippen molar-refractivity contribution in [3.8, 4) is 5.75 Å². The van der Waals surface area contributed by atoms with E-state index >= 15 is 0 Å². The summed E-state index contributed by atoms with van der Waals surface area (Å²) in [5.41, 5.74) is 7.88. The third kappa shape index (κ3) is 2.97. The largest absolute Gasteiger partial charge is 0.507 e. The maximum absolute atomic E-state index is 9.96. The number of aliphatic imine (C=N–C) groups is 1. The molecule has 7 nitrogen and oxygen atoms in total. The van der Waals surface area contributed by atoms with Gasteiger partial charge in [-0.25, -0.2) is 15.0 Å². The quantitative estimate of drug-likeness (QED) is 0.799. The van der Waals surface area contributed by atoms with E-state index in [1.165, 1.54) is 6.33 Å². The monoisotopic (exact) mass is 334 g/mol. The van der Waals surface area contributed by atoms with Crippen LogP contribution in [0.25, 0.3) is 5.57 Å². The Morgan fingerprint density at radius 1 is 1.12 bits per heavy atom. The number of rotatable bonds is 3. The molecule has 126 valence electrons. The number of phenolic OH excluding ortho intramolecular Hbond substituents is 1. The van der Waals surface area contributed by atoms with Gasteiger partial charge in [-0.15, -0.1) is 0 Å². The standard InChI is InChI=1S/C18H18N6O/c1-11-5-14(6-12(2)17(11)25)13-3-4-16-22-18(23-24(16)9-13)21-15-7-19-10-20-8-15/h3-10,18,21,23,25H,1-2H3. The minimum Gasteiger partial charge on any atom is -0.507 e. The van der Waals surface area contributed by atoms with Crippen molar-refractivity contribution in [2.75, 3.05) is 5.32 Å². The van der Waals surface area contributed by atoms with Crippen molar-refractivity contribution in [3.05, 3.63) is 65.9 Å². The van der Waals surface area contributed by atoms with Gasteiger partial charge in [0, 0.05) is 6.20 Å². The van der Waals surface area contributed by atoms with Gasteiger partial charge in [0.2, 0.25) is 0 Å². The van der Waals surface area contributed by atoms with Crippen LogP contribution in [0.5, 0.6) is 5.75 Å². The Kier molecular flexibility index (Phi) is 3.70. The van der Waals surface area contributed by atoms with Gasteiger partial charge >= 0.3 is 0 Å². The summed E-state index contributed by atoms with van der Waals surface area (Å²) in [6, 6.07) is 3.96. The maximum atomic E-state index is 9.96. The Labute approximate surface area is 145 Å². The first-order valence-electron chi connectivity index (χ1n) is 7.95. The van der Waals surface area contributed by atoms with E-state index in [1.807, 2.05) is 49.3 Å². The van der Waals surface area contributed by atoms with E-state index in [2.05, 4.69) is 25.7 Å². The predicted octanol–water partition coefficient (Wildman–Crippen LogP) is 2.32. The van der Waals surface area contributed by atoms with Crippen LogP contribution in [0.15, 0.2) is 54.2 Å². The highest BCUT2D eigenvalue weighted by molar-refractivity contribution is 6.00. The van der Waals surface area contributed by atoms with Gasteiger partial charge in [0.05, 0.1) is 18.1 Å². The Balaban J connectivity index is 1.55. The van der Waals surface area contributed by atoms with Crippen molar-refractivity contribution in [1.82, 2.24) is 20.4 Å². The second-order valence-electron chi connectivity index (χ2n) is 6.04. The van der Waals surface area contributed by atoms with Crippen LogP contribution in [0.2, 0.25) is 0 Å². The maximum Gasteiger partial charge on any atom is 0.193 e. The molecule has 2 aliphatic heterocycles. The molecule has 2 aromatic rings. The number of fused-ring (bicyclic) bond motifs is 1. The molecule has 0 saturated heterocycles. The summed E-state index contributed by atoms with van der Waals surface area (Å²) in [6.07, 6.45) is 10.6. The van der Waals surface area contributed by atoms with Crippen LogP contribution in [0.3, 0.4) is 0 Å². The number of anilines is 1. The number of hydrazine groups is 1. The third-order valence-corrected chi connectivity index (χ3v) is 4.14. The van der Waals surface area contributed by atoms with E-state index in [9.17, 15) is 5.11 Å². The Bertz CT molecular complexity index is 880. The van der Waals surface area contributed by atoms with Crippen molar-refractivity contribution in [2.45, 2.75) is 20.1 Å². The van der Waals surface area contributed by atoms with Gasteiger partial charge in [-0.05, 0) is 60.4 Å². The molecule has 0 aliphatic carbocycles. The highest BCUT2D eigenvalue weighted by atomic mass is 16.3. The molecule has 0 bridgehead atoms. The number of phenols is 1. The molecular weight excluding hydrogens is 316 g/mol. The number of aromatic nitrogens is 2. The van der Waals surface area contributed by atoms with E-state index in [4.69, 9.17) is 0 Å². The summed E-state index contributed by atoms with van der Waals surface area (Å²) >= 11 is 0. The molecule has 0 saturated carbocycles. The fourth-order valence-electron chi connectivity index (χ4n) is 2.88. The van der Waals surface area contributed by atoms with Gasteiger partial charge in [-0.3, -0.25) is 5.01 Å². The highest BCUT2D eigenvalue weighted by Gasteiger charge is 2.24. The van der Waals surface area contributed by atoms with E-state index in [0.717, 1.165) is 33.8 Å². The topological polar surface area (TPSA) is 85.7 Å². The van der Waals surface area contributed by atoms with Gasteiger partial charge in [-0.2, -0.15) is 5.43 Å². The zero-order valence-corrected chi connectivity index (χ0v) is 13.9. The molecule has 2 aliphatic rings. The fraction of sp³-hybridized carbons (Fsp3) is 0.167. The second kappa shape index (κ2) is 6.03. The smallest absolute Gasteiger partial charge is 0.193 e. The van der Waals surface area contributed by atoms with Crippen LogP contribution >= 0.6 is 0 Å². The molecule has 3 N–H and O–H groups in total. The Morgan fingerprint density at radius 3 is 2.56 bits per heavy atom. The SMILES string of the molecule is Cc1cc(C2=CN3NC(Nc4cncnc4)N=C3C=C2)cc(C)c1O. The number of nitrogens with one attached hydrogen (secondary N) is 2. The number of aryl methyl sites for hydroxylation is 2. The third-order valence-electron chi connectivity index (χ3n) is 4.14. The number of hydrogen-bond acceptors (Lipinski definition) is 7. The molecule has 1 unspecified atom stereocenters. The molecule has 1 aromatic heterocycles. The number of amidine groups is 1. The van der Waals surface area contributed by atoms with Crippen LogP contribution in [0.1, 0.15) is 16.7 Å². The second-order valence-corrected chi connectivity index (χ2v) is 6.04. The van der Waals surface area contributed by atoms with Gasteiger partial charge in [0.15, 0.2) is 6.29 Å². The van der Waals surface area contributed by atoms with E-state index in [1.54, 1.807) is 12.4 Å². The lowest BCUT2D eigenvalue weighted by Gasteiger charge is -2.21. The lowest BCUT2D eigenvalue weighted by atomic mass is 9.99. The number of allylic oxidation sites excluding steroid dienone is 2. The van der Waals surface area contributed by atoms with Gasteiger partial charge in [0.1, 0.15) is 17.9 Å². The first-order valence-corrected chi connectivity index (χ1v) is 7.95. The molecule has 0 radical (unpaired) electrons. The van der Waals surface area contributed by atoms with E-state index in [0.29, 0.717) is 5.75 Å². The molecule has 0 amide bonds. The lowest BCUT2D eigenvalue weighted by molar-refractivity contribution is 0.402. The van der Waals surface area contributed by atoms with Crippen molar-refractivity contribution < 1.29 is 5.11 Å². The average molecular weight is 334 g/mol. The van der Waals surface area contributed by atoms with Crippen LogP contribution < -0.4 is 10.7 Å². The van der Waals surface area contributed by atoms with Crippen LogP contribution in [0.4, 0.5) is 5.69 Å². The molecule has 1 aromatic carbocycles. The van der Waals surface area contributed by atoms with E-state index < -0.39 is 0 Å². The van der Waals surface area contributed by atoms with Gasteiger partial charge < -0.3 is 10.4 Å². The molecule has 25 heavy (non-hydrogen) atoms. The molecule has 1 atom stereocenters. The predicted molar refractivity (Wildman–Crippen MR) is 96.6 cm³/mol. The normalized spacial score (nSPS) is 18.6. The average Bonchev–Trinajstić information content (AvgIpc) is 3.01. The van der Waals surface area contributed by atoms with Crippen molar-refractivity contribution in [3.63, 3.8) is 0 Å². The van der Waals surface area contributed by atoms with Crippen LogP contribution in [0, 0.1) is 13.8 Å². The zero-order valence-electron chi connectivity index (χ0n) is 13.9. The summed E-state index contributed by atoms with van der Waals surface area (Å²) in [6.45, 7) is 3.81. The molecule has 3 heterocycles. The number of hydrogen-bond donors (Lipinski definition) is 3. The summed E-state index contributed by atoms with van der Waals surface area (Å²) in [5, 5.41) is 15.1. The number of benzene rings is 1. The Hall–Kier alpha value is -3.19. The van der Waals surface area contributed by atoms with E-state index in [-0.39, 0.29) is 6.29 Å². The summed E-state index contributed by atoms with van der Waals surface area (Å²) < 4.78 is 0. The first kappa shape index (κ1) is 15.3. The lowest BCUT2D eigenvalue weighted by Crippen LogP contribution is -2.40. The fourth-order valence-corrected chi connectivity index (χ4v) is 2.88. The first-order chi connectivity index (χ1) is 12.1. The number of aromatic hydroxyl groups is 1. The Morgan fingerprint density at radius 2 is 1.84 bits per heavy atom. The van der Waals surface area contributed by atoms with Gasteiger partial charge in [-0.1, -0.05) is 0 Å². The minimum absolute atomic E-state index is 0.287. The molecular formula is C18H18N6O. The molecule has 0 fully saturated rings. The van der Waals surface area contributed by atoms with Crippen molar-refractivity contribution >= 4 is 17.1 Å². The summed E-state index contributed by atoms with van der Waals surface area (Å²) in [4.78, 5) is 12.5. The highest BCUT2D eigenvalue weighted by Crippen LogP contribution is 2.29. The van der Waals surface area contributed by atoms with Gasteiger partial charge in [0.25, 0.3) is 0 Å². The van der Waals surface area contributed by atoms with Crippen LogP contribution in [-0.4, -0.2) is 32.2 Å². The minimum atomic E-state index is -0.287. The molecule has 4 rings (SSSR count). The van der Waals surface area contributed by atoms with Crippen molar-refractivity contribution in [2.24, 2.45) is 4.99 Å². The summed E-state index contributed by atoms with van der Waals surface area (Å²) in [7, 11) is 0.